The number of hydrogen-bond donors (Lipinski definition) is 2. The maximum Gasteiger partial charge on any atom is 0.311 e. The summed E-state index contributed by atoms with van der Waals surface area (Å²) in [5.74, 6) is -0.368. The summed E-state index contributed by atoms with van der Waals surface area (Å²) in [5, 5.41) is 11.7. The van der Waals surface area contributed by atoms with Crippen LogP contribution in [0.5, 0.6) is 0 Å². The van der Waals surface area contributed by atoms with Crippen LogP contribution in [0.25, 0.3) is 0 Å². The van der Waals surface area contributed by atoms with Gasteiger partial charge in [0.1, 0.15) is 0 Å². The molecule has 19 heavy (non-hydrogen) atoms. The summed E-state index contributed by atoms with van der Waals surface area (Å²) >= 11 is 0. The Kier molecular flexibility index (Phi) is 5.79. The Morgan fingerprint density at radius 2 is 1.95 bits per heavy atom. The van der Waals surface area contributed by atoms with Gasteiger partial charge in [-0.2, -0.15) is 0 Å². The van der Waals surface area contributed by atoms with E-state index in [2.05, 4.69) is 19.2 Å². The van der Waals surface area contributed by atoms with Crippen LogP contribution in [0.4, 0.5) is 0 Å². The molecule has 0 aromatic rings. The van der Waals surface area contributed by atoms with Crippen molar-refractivity contribution in [3.8, 4) is 0 Å². The molecule has 1 unspecified atom stereocenters. The number of carboxylic acid groups (broad SMARTS) is 1. The second-order valence-electron chi connectivity index (χ2n) is 5.92. The molecule has 5 heteroatoms. The second kappa shape index (κ2) is 6.89. The van der Waals surface area contributed by atoms with E-state index in [0.717, 1.165) is 6.42 Å². The topological polar surface area (TPSA) is 75.6 Å². The van der Waals surface area contributed by atoms with Crippen LogP contribution in [0.15, 0.2) is 0 Å². The van der Waals surface area contributed by atoms with Gasteiger partial charge in [-0.25, -0.2) is 0 Å². The monoisotopic (exact) mass is 271 g/mol. The highest BCUT2D eigenvalue weighted by atomic mass is 16.5. The molecule has 0 bridgehead atoms. The number of carboxylic acids is 1. The van der Waals surface area contributed by atoms with E-state index in [4.69, 9.17) is 9.84 Å². The van der Waals surface area contributed by atoms with E-state index in [1.807, 2.05) is 6.92 Å². The fourth-order valence-electron chi connectivity index (χ4n) is 2.06. The summed E-state index contributed by atoms with van der Waals surface area (Å²) < 4.78 is 5.54. The van der Waals surface area contributed by atoms with Crippen LogP contribution in [0.3, 0.4) is 0 Å². The van der Waals surface area contributed by atoms with Gasteiger partial charge >= 0.3 is 5.97 Å². The third-order valence-corrected chi connectivity index (χ3v) is 3.47. The predicted octanol–water partition coefficient (Wildman–Crippen LogP) is 1.81. The molecular formula is C14H25NO4. The van der Waals surface area contributed by atoms with E-state index in [1.54, 1.807) is 0 Å². The average molecular weight is 271 g/mol. The van der Waals surface area contributed by atoms with Gasteiger partial charge in [0.15, 0.2) is 0 Å². The summed E-state index contributed by atoms with van der Waals surface area (Å²) in [5.41, 5.74) is -0.693. The number of carbonyl (C=O) groups is 2. The third kappa shape index (κ3) is 5.59. The third-order valence-electron chi connectivity index (χ3n) is 3.47. The molecular weight excluding hydrogens is 246 g/mol. The number of aliphatic carboxylic acids is 1. The minimum Gasteiger partial charge on any atom is -0.481 e. The van der Waals surface area contributed by atoms with Crippen molar-refractivity contribution in [1.29, 1.82) is 0 Å². The Morgan fingerprint density at radius 1 is 1.32 bits per heavy atom. The molecule has 2 N–H and O–H groups in total. The van der Waals surface area contributed by atoms with Crippen LogP contribution in [-0.4, -0.2) is 36.2 Å². The van der Waals surface area contributed by atoms with Crippen molar-refractivity contribution < 1.29 is 19.4 Å². The maximum absolute atomic E-state index is 11.6. The van der Waals surface area contributed by atoms with Crippen molar-refractivity contribution in [3.63, 3.8) is 0 Å². The molecule has 1 amide bonds. The molecule has 0 saturated heterocycles. The van der Waals surface area contributed by atoms with E-state index < -0.39 is 11.4 Å². The molecule has 5 nitrogen and oxygen atoms in total. The van der Waals surface area contributed by atoms with Crippen LogP contribution >= 0.6 is 0 Å². The van der Waals surface area contributed by atoms with Gasteiger partial charge < -0.3 is 15.2 Å². The summed E-state index contributed by atoms with van der Waals surface area (Å²) in [6.07, 6.45) is 2.73. The maximum atomic E-state index is 11.6. The van der Waals surface area contributed by atoms with Crippen LogP contribution in [0.1, 0.15) is 46.5 Å². The van der Waals surface area contributed by atoms with Gasteiger partial charge in [-0.3, -0.25) is 9.59 Å². The molecule has 0 aromatic carbocycles. The highest BCUT2D eigenvalue weighted by Gasteiger charge is 2.50. The van der Waals surface area contributed by atoms with Crippen molar-refractivity contribution in [2.45, 2.75) is 52.6 Å². The molecule has 110 valence electrons. The zero-order chi connectivity index (χ0) is 14.5. The summed E-state index contributed by atoms with van der Waals surface area (Å²) in [7, 11) is 0. The van der Waals surface area contributed by atoms with Crippen LogP contribution < -0.4 is 5.32 Å². The number of amides is 1. The normalized spacial score (nSPS) is 18.1. The minimum absolute atomic E-state index is 0.135. The van der Waals surface area contributed by atoms with Crippen LogP contribution in [-0.2, 0) is 14.3 Å². The summed E-state index contributed by atoms with van der Waals surface area (Å²) in [6.45, 7) is 6.89. The molecule has 0 heterocycles. The van der Waals surface area contributed by atoms with Gasteiger partial charge in [-0.1, -0.05) is 13.8 Å². The smallest absolute Gasteiger partial charge is 0.311 e. The summed E-state index contributed by atoms with van der Waals surface area (Å²) in [6, 6.07) is 0. The van der Waals surface area contributed by atoms with Crippen LogP contribution in [0, 0.1) is 11.3 Å². The average Bonchev–Trinajstić information content (AvgIpc) is 3.06. The zero-order valence-electron chi connectivity index (χ0n) is 12.1. The Morgan fingerprint density at radius 3 is 2.42 bits per heavy atom. The lowest BCUT2D eigenvalue weighted by molar-refractivity contribution is -0.143. The first-order valence-electron chi connectivity index (χ1n) is 6.97. The van der Waals surface area contributed by atoms with Crippen molar-refractivity contribution in [2.24, 2.45) is 11.3 Å². The first kappa shape index (κ1) is 16.0. The van der Waals surface area contributed by atoms with Gasteiger partial charge in [0.05, 0.1) is 18.1 Å². The van der Waals surface area contributed by atoms with Gasteiger partial charge in [0.2, 0.25) is 5.91 Å². The predicted molar refractivity (Wildman–Crippen MR) is 71.8 cm³/mol. The number of ether oxygens (including phenoxy) is 1. The Hall–Kier alpha value is -1.10. The van der Waals surface area contributed by atoms with Crippen LogP contribution in [0.2, 0.25) is 0 Å². The molecule has 1 saturated carbocycles. The van der Waals surface area contributed by atoms with E-state index in [1.165, 1.54) is 0 Å². The lowest BCUT2D eigenvalue weighted by Crippen LogP contribution is -2.34. The highest BCUT2D eigenvalue weighted by Crippen LogP contribution is 2.45. The largest absolute Gasteiger partial charge is 0.481 e. The van der Waals surface area contributed by atoms with E-state index in [0.29, 0.717) is 25.4 Å². The van der Waals surface area contributed by atoms with Gasteiger partial charge in [0, 0.05) is 13.0 Å². The van der Waals surface area contributed by atoms with Crippen molar-refractivity contribution in [3.05, 3.63) is 0 Å². The Labute approximate surface area is 114 Å². The molecule has 0 spiro atoms. The van der Waals surface area contributed by atoms with Crippen molar-refractivity contribution >= 4 is 11.9 Å². The van der Waals surface area contributed by atoms with Crippen molar-refractivity contribution in [2.75, 3.05) is 13.2 Å². The minimum atomic E-state index is -0.811. The molecule has 1 atom stereocenters. The van der Waals surface area contributed by atoms with E-state index >= 15 is 0 Å². The molecule has 1 fully saturated rings. The fraction of sp³-hybridized carbons (Fsp3) is 0.857. The molecule has 0 aromatic heterocycles. The molecule has 0 aliphatic heterocycles. The van der Waals surface area contributed by atoms with Gasteiger partial charge in [0.25, 0.3) is 0 Å². The standard InChI is InChI=1S/C14H25NO4/c1-10(2)8-11(3)19-7-4-12(16)15-9-14(5-6-14)13(17)18/h10-11H,4-9H2,1-3H3,(H,15,16)(H,17,18). The quantitative estimate of drug-likeness (QED) is 0.670. The zero-order valence-corrected chi connectivity index (χ0v) is 12.1. The van der Waals surface area contributed by atoms with E-state index in [-0.39, 0.29) is 25.0 Å². The molecule has 1 rings (SSSR count). The lowest BCUT2D eigenvalue weighted by atomic mass is 10.1. The first-order valence-corrected chi connectivity index (χ1v) is 6.97. The lowest BCUT2D eigenvalue weighted by Gasteiger charge is -2.15. The van der Waals surface area contributed by atoms with Gasteiger partial charge in [-0.15, -0.1) is 0 Å². The Balaban J connectivity index is 2.10. The van der Waals surface area contributed by atoms with Gasteiger partial charge in [-0.05, 0) is 32.1 Å². The first-order chi connectivity index (χ1) is 8.85. The number of carbonyl (C=O) groups excluding carboxylic acids is 1. The number of nitrogens with one attached hydrogen (secondary N) is 1. The fourth-order valence-corrected chi connectivity index (χ4v) is 2.06. The number of rotatable bonds is 9. The highest BCUT2D eigenvalue weighted by molar-refractivity contribution is 5.80. The second-order valence-corrected chi connectivity index (χ2v) is 5.92. The van der Waals surface area contributed by atoms with E-state index in [9.17, 15) is 9.59 Å². The SMILES string of the molecule is CC(C)CC(C)OCCC(=O)NCC1(C(=O)O)CC1. The molecule has 1 aliphatic carbocycles. The van der Waals surface area contributed by atoms with Crippen molar-refractivity contribution in [1.82, 2.24) is 5.32 Å². The Bertz CT molecular complexity index is 323. The molecule has 0 radical (unpaired) electrons. The molecule has 1 aliphatic rings. The summed E-state index contributed by atoms with van der Waals surface area (Å²) in [4.78, 5) is 22.5. The number of hydrogen-bond acceptors (Lipinski definition) is 3.